The Bertz CT molecular complexity index is 1020. The number of rotatable bonds is 6. The van der Waals surface area contributed by atoms with Crippen molar-refractivity contribution in [3.63, 3.8) is 0 Å². The standard InChI is InChI=1S/C22H20N2O4/c25-13-11-23(12-14-26)19-10-9-18-20-16(19)7-4-8-17(20)21(27)24(22(18)28)15-5-2-1-3-6-15/h1-10,25-26H,11-14H2. The number of hydrogen-bond donors (Lipinski definition) is 2. The molecule has 3 aromatic rings. The molecule has 1 heterocycles. The van der Waals surface area contributed by atoms with Gasteiger partial charge >= 0.3 is 0 Å². The Morgan fingerprint density at radius 2 is 1.39 bits per heavy atom. The fraction of sp³-hybridized carbons (Fsp3) is 0.182. The fourth-order valence-corrected chi connectivity index (χ4v) is 3.76. The number of aliphatic hydroxyl groups is 2. The molecule has 0 fully saturated rings. The third kappa shape index (κ3) is 2.83. The zero-order chi connectivity index (χ0) is 19.7. The molecule has 0 unspecified atom stereocenters. The molecule has 2 amide bonds. The summed E-state index contributed by atoms with van der Waals surface area (Å²) in [6.45, 7) is 0.555. The zero-order valence-electron chi connectivity index (χ0n) is 15.2. The van der Waals surface area contributed by atoms with E-state index in [9.17, 15) is 19.8 Å². The Morgan fingerprint density at radius 3 is 2.04 bits per heavy atom. The van der Waals surface area contributed by atoms with Crippen LogP contribution in [0.5, 0.6) is 0 Å². The van der Waals surface area contributed by atoms with E-state index in [4.69, 9.17) is 0 Å². The van der Waals surface area contributed by atoms with E-state index in [0.717, 1.165) is 11.1 Å². The Labute approximate surface area is 162 Å². The molecule has 0 aliphatic carbocycles. The molecule has 6 nitrogen and oxygen atoms in total. The Hall–Kier alpha value is -3.22. The lowest BCUT2D eigenvalue weighted by molar-refractivity contribution is 0.0893. The first-order chi connectivity index (χ1) is 13.7. The van der Waals surface area contributed by atoms with E-state index in [1.807, 2.05) is 23.1 Å². The van der Waals surface area contributed by atoms with Crippen LogP contribution in [0.4, 0.5) is 11.4 Å². The summed E-state index contributed by atoms with van der Waals surface area (Å²) in [5, 5.41) is 20.1. The van der Waals surface area contributed by atoms with Gasteiger partial charge in [0.15, 0.2) is 0 Å². The maximum Gasteiger partial charge on any atom is 0.265 e. The number of carbonyl (C=O) groups excluding carboxylic acids is 2. The van der Waals surface area contributed by atoms with Crippen molar-refractivity contribution in [3.8, 4) is 0 Å². The lowest BCUT2D eigenvalue weighted by atomic mass is 9.92. The summed E-state index contributed by atoms with van der Waals surface area (Å²) in [6, 6.07) is 17.8. The van der Waals surface area contributed by atoms with Gasteiger partial charge in [0, 0.05) is 40.7 Å². The Morgan fingerprint density at radius 1 is 0.750 bits per heavy atom. The smallest absolute Gasteiger partial charge is 0.265 e. The summed E-state index contributed by atoms with van der Waals surface area (Å²) >= 11 is 0. The molecule has 0 atom stereocenters. The number of imide groups is 1. The van der Waals surface area contributed by atoms with Gasteiger partial charge in [0.25, 0.3) is 11.8 Å². The van der Waals surface area contributed by atoms with Gasteiger partial charge in [0.2, 0.25) is 0 Å². The quantitative estimate of drug-likeness (QED) is 0.646. The topological polar surface area (TPSA) is 81.1 Å². The van der Waals surface area contributed by atoms with Gasteiger partial charge in [-0.25, -0.2) is 4.90 Å². The molecule has 3 aromatic carbocycles. The van der Waals surface area contributed by atoms with Crippen molar-refractivity contribution in [2.75, 3.05) is 36.1 Å². The van der Waals surface area contributed by atoms with Gasteiger partial charge in [-0.1, -0.05) is 30.3 Å². The van der Waals surface area contributed by atoms with Crippen molar-refractivity contribution in [1.29, 1.82) is 0 Å². The molecule has 0 bridgehead atoms. The first-order valence-corrected chi connectivity index (χ1v) is 9.13. The van der Waals surface area contributed by atoms with E-state index in [0.29, 0.717) is 35.3 Å². The lowest BCUT2D eigenvalue weighted by Crippen LogP contribution is -2.40. The molecule has 1 aliphatic rings. The third-order valence-electron chi connectivity index (χ3n) is 4.98. The summed E-state index contributed by atoms with van der Waals surface area (Å²) in [4.78, 5) is 29.4. The van der Waals surface area contributed by atoms with E-state index in [-0.39, 0.29) is 25.0 Å². The SMILES string of the molecule is O=C1c2cccc3c(N(CCO)CCO)ccc(c23)C(=O)N1c1ccccc1. The molecule has 0 saturated heterocycles. The number of nitrogens with zero attached hydrogens (tertiary/aromatic N) is 2. The van der Waals surface area contributed by atoms with Crippen molar-refractivity contribution in [2.24, 2.45) is 0 Å². The number of aliphatic hydroxyl groups excluding tert-OH is 2. The highest BCUT2D eigenvalue weighted by molar-refractivity contribution is 6.36. The normalized spacial score (nSPS) is 13.3. The molecule has 0 spiro atoms. The monoisotopic (exact) mass is 376 g/mol. The lowest BCUT2D eigenvalue weighted by Gasteiger charge is -2.30. The van der Waals surface area contributed by atoms with Gasteiger partial charge in [-0.3, -0.25) is 9.59 Å². The van der Waals surface area contributed by atoms with Gasteiger partial charge < -0.3 is 15.1 Å². The van der Waals surface area contributed by atoms with Gasteiger partial charge in [0.1, 0.15) is 0 Å². The number of amides is 2. The molecule has 28 heavy (non-hydrogen) atoms. The van der Waals surface area contributed by atoms with E-state index in [2.05, 4.69) is 0 Å². The molecule has 1 aliphatic heterocycles. The number of carbonyl (C=O) groups is 2. The van der Waals surface area contributed by atoms with Gasteiger partial charge in [0.05, 0.1) is 18.9 Å². The van der Waals surface area contributed by atoms with E-state index < -0.39 is 0 Å². The van der Waals surface area contributed by atoms with Crippen molar-refractivity contribution in [1.82, 2.24) is 0 Å². The van der Waals surface area contributed by atoms with Crippen molar-refractivity contribution in [2.45, 2.75) is 0 Å². The maximum atomic E-state index is 13.2. The molecule has 4 rings (SSSR count). The summed E-state index contributed by atoms with van der Waals surface area (Å²) < 4.78 is 0. The van der Waals surface area contributed by atoms with Crippen LogP contribution in [-0.2, 0) is 0 Å². The molecule has 6 heteroatoms. The number of para-hydroxylation sites is 1. The van der Waals surface area contributed by atoms with Crippen molar-refractivity contribution in [3.05, 3.63) is 71.8 Å². The van der Waals surface area contributed by atoms with Crippen LogP contribution in [0.25, 0.3) is 10.8 Å². The van der Waals surface area contributed by atoms with Gasteiger partial charge in [-0.2, -0.15) is 0 Å². The molecule has 2 N–H and O–H groups in total. The summed E-state index contributed by atoms with van der Waals surface area (Å²) in [6.07, 6.45) is 0. The minimum absolute atomic E-state index is 0.0669. The van der Waals surface area contributed by atoms with E-state index in [1.165, 1.54) is 4.90 Å². The second-order valence-electron chi connectivity index (χ2n) is 6.58. The second-order valence-corrected chi connectivity index (χ2v) is 6.58. The maximum absolute atomic E-state index is 13.2. The number of benzene rings is 3. The van der Waals surface area contributed by atoms with Crippen LogP contribution >= 0.6 is 0 Å². The minimum Gasteiger partial charge on any atom is -0.395 e. The molecule has 0 radical (unpaired) electrons. The van der Waals surface area contributed by atoms with Gasteiger partial charge in [-0.15, -0.1) is 0 Å². The molecule has 0 aromatic heterocycles. The van der Waals surface area contributed by atoms with E-state index >= 15 is 0 Å². The number of anilines is 2. The van der Waals surface area contributed by atoms with Gasteiger partial charge in [-0.05, 0) is 30.3 Å². The first-order valence-electron chi connectivity index (χ1n) is 9.13. The van der Waals surface area contributed by atoms with E-state index in [1.54, 1.807) is 42.5 Å². The second kappa shape index (κ2) is 7.42. The highest BCUT2D eigenvalue weighted by Gasteiger charge is 2.34. The van der Waals surface area contributed by atoms with Crippen LogP contribution in [0.1, 0.15) is 20.7 Å². The predicted molar refractivity (Wildman–Crippen MR) is 108 cm³/mol. The van der Waals surface area contributed by atoms with Crippen LogP contribution < -0.4 is 9.80 Å². The van der Waals surface area contributed by atoms with Crippen LogP contribution in [0, 0.1) is 0 Å². The predicted octanol–water partition coefficient (Wildman–Crippen LogP) is 2.43. The zero-order valence-corrected chi connectivity index (χ0v) is 15.2. The van der Waals surface area contributed by atoms with Crippen LogP contribution in [-0.4, -0.2) is 48.3 Å². The fourth-order valence-electron chi connectivity index (χ4n) is 3.76. The summed E-state index contributed by atoms with van der Waals surface area (Å²) in [7, 11) is 0. The van der Waals surface area contributed by atoms with Crippen LogP contribution in [0.15, 0.2) is 60.7 Å². The highest BCUT2D eigenvalue weighted by atomic mass is 16.3. The summed E-state index contributed by atoms with van der Waals surface area (Å²) in [5.41, 5.74) is 2.24. The molecular formula is C22H20N2O4. The summed E-state index contributed by atoms with van der Waals surface area (Å²) in [5.74, 6) is -0.718. The average Bonchev–Trinajstić information content (AvgIpc) is 2.72. The average molecular weight is 376 g/mol. The van der Waals surface area contributed by atoms with Crippen molar-refractivity contribution < 1.29 is 19.8 Å². The third-order valence-corrected chi connectivity index (χ3v) is 4.98. The molecule has 142 valence electrons. The highest BCUT2D eigenvalue weighted by Crippen LogP contribution is 2.37. The van der Waals surface area contributed by atoms with Crippen LogP contribution in [0.2, 0.25) is 0 Å². The number of hydrogen-bond acceptors (Lipinski definition) is 5. The van der Waals surface area contributed by atoms with Crippen LogP contribution in [0.3, 0.4) is 0 Å². The minimum atomic E-state index is -0.359. The largest absolute Gasteiger partial charge is 0.395 e. The Balaban J connectivity index is 1.91. The molecule has 0 saturated carbocycles. The first kappa shape index (κ1) is 18.2. The van der Waals surface area contributed by atoms with Crippen molar-refractivity contribution >= 4 is 34.0 Å². The molecular weight excluding hydrogens is 356 g/mol. The Kier molecular flexibility index (Phi) is 4.81.